The molecule has 0 saturated carbocycles. The fourth-order valence-corrected chi connectivity index (χ4v) is 1.25. The number of ether oxygens (including phenoxy) is 2. The van der Waals surface area contributed by atoms with Crippen molar-refractivity contribution >= 4 is 0 Å². The Morgan fingerprint density at radius 1 is 1.08 bits per heavy atom. The Morgan fingerprint density at radius 2 is 1.77 bits per heavy atom. The fraction of sp³-hybridized carbons (Fsp3) is 0.818. The lowest BCUT2D eigenvalue weighted by Crippen LogP contribution is -2.12. The largest absolute Gasteiger partial charge is 0.356 e. The van der Waals surface area contributed by atoms with E-state index in [1.807, 2.05) is 0 Å². The van der Waals surface area contributed by atoms with E-state index in [9.17, 15) is 0 Å². The zero-order valence-corrected chi connectivity index (χ0v) is 9.08. The van der Waals surface area contributed by atoms with Gasteiger partial charge >= 0.3 is 0 Å². The van der Waals surface area contributed by atoms with Crippen LogP contribution in [0.15, 0.2) is 12.2 Å². The van der Waals surface area contributed by atoms with Gasteiger partial charge in [0.25, 0.3) is 0 Å². The van der Waals surface area contributed by atoms with Crippen LogP contribution >= 0.6 is 0 Å². The summed E-state index contributed by atoms with van der Waals surface area (Å²) in [6.07, 6.45) is 10.2. The van der Waals surface area contributed by atoms with E-state index in [-0.39, 0.29) is 6.29 Å². The van der Waals surface area contributed by atoms with E-state index in [1.54, 1.807) is 14.2 Å². The summed E-state index contributed by atoms with van der Waals surface area (Å²) in [4.78, 5) is 0. The molecule has 0 amide bonds. The van der Waals surface area contributed by atoms with Crippen LogP contribution in [0.2, 0.25) is 0 Å². The van der Waals surface area contributed by atoms with Crippen LogP contribution in [0.5, 0.6) is 0 Å². The molecule has 0 fully saturated rings. The Morgan fingerprint density at radius 3 is 2.31 bits per heavy atom. The van der Waals surface area contributed by atoms with Crippen molar-refractivity contribution in [3.8, 4) is 0 Å². The first-order valence-corrected chi connectivity index (χ1v) is 5.02. The summed E-state index contributed by atoms with van der Waals surface area (Å²) in [5.74, 6) is 0. The average molecular weight is 186 g/mol. The molecule has 0 aliphatic carbocycles. The molecule has 0 aromatic rings. The van der Waals surface area contributed by atoms with Crippen molar-refractivity contribution in [2.45, 2.75) is 45.3 Å². The maximum atomic E-state index is 5.09. The Kier molecular flexibility index (Phi) is 9.49. The number of unbranched alkanes of at least 4 members (excludes halogenated alkanes) is 3. The topological polar surface area (TPSA) is 18.5 Å². The van der Waals surface area contributed by atoms with Gasteiger partial charge in [0.1, 0.15) is 0 Å². The highest BCUT2D eigenvalue weighted by molar-refractivity contribution is 4.76. The second kappa shape index (κ2) is 9.75. The van der Waals surface area contributed by atoms with Gasteiger partial charge in [-0.05, 0) is 32.6 Å². The summed E-state index contributed by atoms with van der Waals surface area (Å²) < 4.78 is 10.2. The molecule has 0 unspecified atom stereocenters. The predicted molar refractivity (Wildman–Crippen MR) is 55.7 cm³/mol. The van der Waals surface area contributed by atoms with Crippen molar-refractivity contribution < 1.29 is 9.47 Å². The van der Waals surface area contributed by atoms with Crippen LogP contribution in [0.25, 0.3) is 0 Å². The standard InChI is InChI=1S/C11H22O2/c1-4-5-6-7-8-9-10-11(12-2)13-3/h4-5,11H,6-10H2,1-3H3/b5-4+. The van der Waals surface area contributed by atoms with E-state index in [1.165, 1.54) is 25.7 Å². The van der Waals surface area contributed by atoms with Gasteiger partial charge in [-0.3, -0.25) is 0 Å². The molecule has 0 aromatic heterocycles. The molecule has 0 aliphatic rings. The summed E-state index contributed by atoms with van der Waals surface area (Å²) in [6, 6.07) is 0. The van der Waals surface area contributed by atoms with Gasteiger partial charge in [0, 0.05) is 14.2 Å². The second-order valence-corrected chi connectivity index (χ2v) is 3.11. The molecule has 78 valence electrons. The minimum absolute atomic E-state index is 0.0123. The van der Waals surface area contributed by atoms with Gasteiger partial charge in [0.2, 0.25) is 0 Å². The number of allylic oxidation sites excluding steroid dienone is 2. The maximum Gasteiger partial charge on any atom is 0.156 e. The Bertz CT molecular complexity index is 117. The molecule has 0 radical (unpaired) electrons. The van der Waals surface area contributed by atoms with Crippen LogP contribution in [0.3, 0.4) is 0 Å². The highest BCUT2D eigenvalue weighted by Crippen LogP contribution is 2.08. The summed E-state index contributed by atoms with van der Waals surface area (Å²) in [5.41, 5.74) is 0. The molecular weight excluding hydrogens is 164 g/mol. The van der Waals surface area contributed by atoms with E-state index in [0.717, 1.165) is 6.42 Å². The van der Waals surface area contributed by atoms with Gasteiger partial charge in [-0.2, -0.15) is 0 Å². The van der Waals surface area contributed by atoms with E-state index in [4.69, 9.17) is 9.47 Å². The molecule has 0 rings (SSSR count). The minimum Gasteiger partial charge on any atom is -0.356 e. The van der Waals surface area contributed by atoms with Crippen molar-refractivity contribution in [3.05, 3.63) is 12.2 Å². The lowest BCUT2D eigenvalue weighted by Gasteiger charge is -2.12. The van der Waals surface area contributed by atoms with Crippen LogP contribution in [0, 0.1) is 0 Å². The third-order valence-electron chi connectivity index (χ3n) is 2.07. The van der Waals surface area contributed by atoms with Crippen LogP contribution in [0.4, 0.5) is 0 Å². The van der Waals surface area contributed by atoms with Crippen molar-refractivity contribution in [1.29, 1.82) is 0 Å². The van der Waals surface area contributed by atoms with Crippen molar-refractivity contribution in [2.24, 2.45) is 0 Å². The quantitative estimate of drug-likeness (QED) is 0.329. The molecule has 0 atom stereocenters. The number of methoxy groups -OCH3 is 2. The second-order valence-electron chi connectivity index (χ2n) is 3.11. The SMILES string of the molecule is C/C=C/CCCCCC(OC)OC. The van der Waals surface area contributed by atoms with Crippen molar-refractivity contribution in [3.63, 3.8) is 0 Å². The first kappa shape index (κ1) is 12.7. The monoisotopic (exact) mass is 186 g/mol. The normalized spacial score (nSPS) is 11.7. The third kappa shape index (κ3) is 8.00. The molecule has 0 heterocycles. The molecule has 0 saturated heterocycles. The Balaban J connectivity index is 3.14. The molecule has 0 aliphatic heterocycles. The van der Waals surface area contributed by atoms with Crippen LogP contribution in [-0.4, -0.2) is 20.5 Å². The molecule has 2 nitrogen and oxygen atoms in total. The van der Waals surface area contributed by atoms with Gasteiger partial charge in [-0.15, -0.1) is 0 Å². The third-order valence-corrected chi connectivity index (χ3v) is 2.07. The molecule has 0 bridgehead atoms. The van der Waals surface area contributed by atoms with Crippen LogP contribution < -0.4 is 0 Å². The smallest absolute Gasteiger partial charge is 0.156 e. The Labute approximate surface area is 81.9 Å². The maximum absolute atomic E-state index is 5.09. The zero-order chi connectivity index (χ0) is 9.94. The van der Waals surface area contributed by atoms with Crippen molar-refractivity contribution in [2.75, 3.05) is 14.2 Å². The minimum atomic E-state index is -0.0123. The number of hydrogen-bond donors (Lipinski definition) is 0. The van der Waals surface area contributed by atoms with E-state index < -0.39 is 0 Å². The summed E-state index contributed by atoms with van der Waals surface area (Å²) >= 11 is 0. The molecule has 13 heavy (non-hydrogen) atoms. The number of rotatable bonds is 8. The first-order valence-electron chi connectivity index (χ1n) is 5.02. The van der Waals surface area contributed by atoms with Gasteiger partial charge in [0.05, 0.1) is 0 Å². The van der Waals surface area contributed by atoms with Crippen LogP contribution in [-0.2, 0) is 9.47 Å². The first-order chi connectivity index (χ1) is 6.35. The van der Waals surface area contributed by atoms with E-state index in [2.05, 4.69) is 19.1 Å². The summed E-state index contributed by atoms with van der Waals surface area (Å²) in [5, 5.41) is 0. The Hall–Kier alpha value is -0.340. The van der Waals surface area contributed by atoms with E-state index in [0.29, 0.717) is 0 Å². The number of hydrogen-bond acceptors (Lipinski definition) is 2. The lowest BCUT2D eigenvalue weighted by molar-refractivity contribution is -0.107. The highest BCUT2D eigenvalue weighted by atomic mass is 16.7. The molecular formula is C11H22O2. The lowest BCUT2D eigenvalue weighted by atomic mass is 10.1. The van der Waals surface area contributed by atoms with Gasteiger partial charge in [-0.25, -0.2) is 0 Å². The highest BCUT2D eigenvalue weighted by Gasteiger charge is 2.02. The predicted octanol–water partition coefficient (Wildman–Crippen LogP) is 3.13. The molecule has 0 aromatic carbocycles. The van der Waals surface area contributed by atoms with Crippen molar-refractivity contribution in [1.82, 2.24) is 0 Å². The molecule has 0 spiro atoms. The van der Waals surface area contributed by atoms with Gasteiger partial charge in [0.15, 0.2) is 6.29 Å². The van der Waals surface area contributed by atoms with Crippen LogP contribution in [0.1, 0.15) is 39.0 Å². The molecule has 0 N–H and O–H groups in total. The van der Waals surface area contributed by atoms with E-state index >= 15 is 0 Å². The van der Waals surface area contributed by atoms with Gasteiger partial charge in [-0.1, -0.05) is 18.6 Å². The zero-order valence-electron chi connectivity index (χ0n) is 9.08. The fourth-order valence-electron chi connectivity index (χ4n) is 1.25. The molecule has 2 heteroatoms. The average Bonchev–Trinajstić information content (AvgIpc) is 2.17. The van der Waals surface area contributed by atoms with Gasteiger partial charge < -0.3 is 9.47 Å². The summed E-state index contributed by atoms with van der Waals surface area (Å²) in [7, 11) is 3.38. The summed E-state index contributed by atoms with van der Waals surface area (Å²) in [6.45, 7) is 2.06.